The first-order chi connectivity index (χ1) is 9.16. The predicted molar refractivity (Wildman–Crippen MR) is 73.2 cm³/mol. The van der Waals surface area contributed by atoms with E-state index < -0.39 is 11.9 Å². The van der Waals surface area contributed by atoms with Crippen LogP contribution >= 0.6 is 11.3 Å². The van der Waals surface area contributed by atoms with Gasteiger partial charge in [-0.05, 0) is 29.7 Å². The molecular formula is C13H10N2O3S. The summed E-state index contributed by atoms with van der Waals surface area (Å²) >= 11 is 1.51. The molecule has 0 saturated heterocycles. The van der Waals surface area contributed by atoms with Gasteiger partial charge in [-0.3, -0.25) is 4.79 Å². The van der Waals surface area contributed by atoms with Gasteiger partial charge in [-0.1, -0.05) is 6.07 Å². The van der Waals surface area contributed by atoms with E-state index >= 15 is 0 Å². The van der Waals surface area contributed by atoms with Gasteiger partial charge in [0.15, 0.2) is 5.69 Å². The van der Waals surface area contributed by atoms with Crippen LogP contribution in [0.15, 0.2) is 41.9 Å². The molecule has 0 spiro atoms. The van der Waals surface area contributed by atoms with Crippen LogP contribution in [-0.4, -0.2) is 22.0 Å². The number of carboxylic acid groups (broad SMARTS) is 1. The van der Waals surface area contributed by atoms with Crippen LogP contribution in [0.4, 0.5) is 5.69 Å². The zero-order valence-electron chi connectivity index (χ0n) is 9.74. The van der Waals surface area contributed by atoms with Gasteiger partial charge in [0, 0.05) is 17.2 Å². The lowest BCUT2D eigenvalue weighted by Crippen LogP contribution is -2.13. The highest BCUT2D eigenvalue weighted by molar-refractivity contribution is 7.10. The number of amides is 1. The molecule has 0 aliphatic heterocycles. The van der Waals surface area contributed by atoms with Crippen LogP contribution in [0.3, 0.4) is 0 Å². The number of carbonyl (C=O) groups excluding carboxylic acids is 1. The van der Waals surface area contributed by atoms with Crippen LogP contribution in [0.25, 0.3) is 6.08 Å². The van der Waals surface area contributed by atoms with Crippen molar-refractivity contribution in [2.45, 2.75) is 0 Å². The molecule has 0 radical (unpaired) electrons. The zero-order valence-corrected chi connectivity index (χ0v) is 10.6. The van der Waals surface area contributed by atoms with E-state index in [-0.39, 0.29) is 11.4 Å². The fraction of sp³-hybridized carbons (Fsp3) is 0. The quantitative estimate of drug-likeness (QED) is 0.839. The first-order valence-electron chi connectivity index (χ1n) is 5.37. The molecule has 1 amide bonds. The smallest absolute Gasteiger partial charge is 0.356 e. The Kier molecular flexibility index (Phi) is 4.04. The van der Waals surface area contributed by atoms with Crippen molar-refractivity contribution in [2.75, 3.05) is 5.32 Å². The van der Waals surface area contributed by atoms with Crippen LogP contribution in [0.2, 0.25) is 0 Å². The van der Waals surface area contributed by atoms with Crippen LogP contribution in [0, 0.1) is 0 Å². The number of hydrogen-bond donors (Lipinski definition) is 2. The summed E-state index contributed by atoms with van der Waals surface area (Å²) in [5.74, 6) is -1.58. The summed E-state index contributed by atoms with van der Waals surface area (Å²) in [6.45, 7) is 0. The normalized spacial score (nSPS) is 10.5. The van der Waals surface area contributed by atoms with Gasteiger partial charge in [-0.25, -0.2) is 9.78 Å². The Labute approximate surface area is 113 Å². The molecule has 2 rings (SSSR count). The van der Waals surface area contributed by atoms with Crippen LogP contribution in [0.5, 0.6) is 0 Å². The molecule has 2 aromatic heterocycles. The van der Waals surface area contributed by atoms with Crippen molar-refractivity contribution in [3.8, 4) is 0 Å². The third kappa shape index (κ3) is 3.49. The Balaban J connectivity index is 2.09. The number of nitrogens with one attached hydrogen (secondary N) is 1. The van der Waals surface area contributed by atoms with Gasteiger partial charge in [0.2, 0.25) is 5.91 Å². The number of thiophene rings is 1. The highest BCUT2D eigenvalue weighted by Gasteiger charge is 2.11. The summed E-state index contributed by atoms with van der Waals surface area (Å²) in [6, 6.07) is 6.81. The predicted octanol–water partition coefficient (Wildman–Crippen LogP) is 2.49. The summed E-state index contributed by atoms with van der Waals surface area (Å²) in [7, 11) is 0. The van der Waals surface area contributed by atoms with Crippen LogP contribution < -0.4 is 5.32 Å². The van der Waals surface area contributed by atoms with Gasteiger partial charge in [-0.15, -0.1) is 11.3 Å². The average Bonchev–Trinajstić information content (AvgIpc) is 2.90. The van der Waals surface area contributed by atoms with Crippen LogP contribution in [-0.2, 0) is 4.79 Å². The van der Waals surface area contributed by atoms with Crippen molar-refractivity contribution in [3.05, 3.63) is 52.5 Å². The lowest BCUT2D eigenvalue weighted by Gasteiger charge is -2.04. The molecule has 5 nitrogen and oxygen atoms in total. The lowest BCUT2D eigenvalue weighted by atomic mass is 10.3. The monoisotopic (exact) mass is 274 g/mol. The number of aromatic carboxylic acids is 1. The topological polar surface area (TPSA) is 79.3 Å². The summed E-state index contributed by atoms with van der Waals surface area (Å²) in [5.41, 5.74) is -0.00352. The second kappa shape index (κ2) is 5.92. The minimum Gasteiger partial charge on any atom is -0.476 e. The highest BCUT2D eigenvalue weighted by Crippen LogP contribution is 2.13. The lowest BCUT2D eigenvalue weighted by molar-refractivity contribution is -0.111. The Hall–Kier alpha value is -2.47. The number of carboxylic acids is 1. The highest BCUT2D eigenvalue weighted by atomic mass is 32.1. The maximum Gasteiger partial charge on any atom is 0.356 e. The maximum absolute atomic E-state index is 11.7. The molecule has 0 aliphatic carbocycles. The van der Waals surface area contributed by atoms with Crippen molar-refractivity contribution in [3.63, 3.8) is 0 Å². The maximum atomic E-state index is 11.7. The van der Waals surface area contributed by atoms with E-state index in [0.29, 0.717) is 0 Å². The molecule has 0 fully saturated rings. The van der Waals surface area contributed by atoms with Crippen molar-refractivity contribution in [1.82, 2.24) is 4.98 Å². The Morgan fingerprint density at radius 2 is 2.16 bits per heavy atom. The molecule has 0 aromatic carbocycles. The number of nitrogens with zero attached hydrogens (tertiary/aromatic N) is 1. The van der Waals surface area contributed by atoms with E-state index in [1.165, 1.54) is 29.7 Å². The van der Waals surface area contributed by atoms with E-state index in [9.17, 15) is 9.59 Å². The fourth-order valence-electron chi connectivity index (χ4n) is 1.39. The number of anilines is 1. The van der Waals surface area contributed by atoms with Crippen molar-refractivity contribution >= 4 is 35.0 Å². The standard InChI is InChI=1S/C13H10N2O3S/c16-11(6-5-9-3-2-8-19-9)15-10-4-1-7-14-12(10)13(17)18/h1-8H,(H,15,16)(H,17,18)/b6-5+. The largest absolute Gasteiger partial charge is 0.476 e. The van der Waals surface area contributed by atoms with Crippen molar-refractivity contribution in [1.29, 1.82) is 0 Å². The molecule has 0 bridgehead atoms. The molecule has 2 aromatic rings. The molecule has 96 valence electrons. The second-order valence-electron chi connectivity index (χ2n) is 3.54. The minimum absolute atomic E-state index is 0.177. The molecule has 19 heavy (non-hydrogen) atoms. The Morgan fingerprint density at radius 3 is 2.84 bits per heavy atom. The number of carbonyl (C=O) groups is 2. The van der Waals surface area contributed by atoms with Gasteiger partial charge in [0.1, 0.15) is 0 Å². The van der Waals surface area contributed by atoms with E-state index in [0.717, 1.165) is 4.88 Å². The summed E-state index contributed by atoms with van der Waals surface area (Å²) in [6.07, 6.45) is 4.38. The molecule has 0 saturated carbocycles. The van der Waals surface area contributed by atoms with Crippen LogP contribution in [0.1, 0.15) is 15.4 Å². The first kappa shape index (κ1) is 13.0. The number of rotatable bonds is 4. The molecular weight excluding hydrogens is 264 g/mol. The first-order valence-corrected chi connectivity index (χ1v) is 6.25. The van der Waals surface area contributed by atoms with Gasteiger partial charge in [0.25, 0.3) is 0 Å². The SMILES string of the molecule is O=C(/C=C/c1cccs1)Nc1cccnc1C(=O)O. The van der Waals surface area contributed by atoms with Crippen molar-refractivity contribution in [2.24, 2.45) is 0 Å². The molecule has 6 heteroatoms. The number of pyridine rings is 1. The zero-order chi connectivity index (χ0) is 13.7. The summed E-state index contributed by atoms with van der Waals surface area (Å²) in [5, 5.41) is 13.3. The molecule has 0 atom stereocenters. The molecule has 0 unspecified atom stereocenters. The molecule has 0 aliphatic rings. The van der Waals surface area contributed by atoms with Gasteiger partial charge in [0.05, 0.1) is 5.69 Å². The summed E-state index contributed by atoms with van der Waals surface area (Å²) in [4.78, 5) is 27.2. The fourth-order valence-corrected chi connectivity index (χ4v) is 2.01. The second-order valence-corrected chi connectivity index (χ2v) is 4.52. The molecule has 2 heterocycles. The number of aromatic nitrogens is 1. The van der Waals surface area contributed by atoms with E-state index in [2.05, 4.69) is 10.3 Å². The van der Waals surface area contributed by atoms with E-state index in [4.69, 9.17) is 5.11 Å². The summed E-state index contributed by atoms with van der Waals surface area (Å²) < 4.78 is 0. The Bertz CT molecular complexity index is 621. The van der Waals surface area contributed by atoms with E-state index in [1.54, 1.807) is 12.1 Å². The number of hydrogen-bond acceptors (Lipinski definition) is 4. The molecule has 2 N–H and O–H groups in total. The minimum atomic E-state index is -1.18. The van der Waals surface area contributed by atoms with Gasteiger partial charge >= 0.3 is 5.97 Å². The third-order valence-corrected chi connectivity index (χ3v) is 3.05. The van der Waals surface area contributed by atoms with Crippen molar-refractivity contribution < 1.29 is 14.7 Å². The average molecular weight is 274 g/mol. The Morgan fingerprint density at radius 1 is 1.32 bits per heavy atom. The third-order valence-electron chi connectivity index (χ3n) is 2.21. The van der Waals surface area contributed by atoms with Gasteiger partial charge in [-0.2, -0.15) is 0 Å². The van der Waals surface area contributed by atoms with E-state index in [1.807, 2.05) is 17.5 Å². The van der Waals surface area contributed by atoms with Gasteiger partial charge < -0.3 is 10.4 Å².